The molecule has 0 bridgehead atoms. The second kappa shape index (κ2) is 6.35. The molecule has 3 aromatic heterocycles. The number of rotatable bonds is 2. The molecular weight excluding hydrogens is 358 g/mol. The summed E-state index contributed by atoms with van der Waals surface area (Å²) in [6.07, 6.45) is 3.57. The van der Waals surface area contributed by atoms with E-state index in [1.54, 1.807) is 11.1 Å². The fourth-order valence-corrected chi connectivity index (χ4v) is 3.68. The lowest BCUT2D eigenvalue weighted by Crippen LogP contribution is -2.41. The molecule has 2 N–H and O–H groups in total. The molecule has 28 heavy (non-hydrogen) atoms. The fraction of sp³-hybridized carbons (Fsp3) is 0.250. The van der Waals surface area contributed by atoms with Gasteiger partial charge in [-0.3, -0.25) is 9.20 Å². The molecule has 8 heteroatoms. The van der Waals surface area contributed by atoms with Crippen LogP contribution in [0.5, 0.6) is 0 Å². The SMILES string of the molecule is Cc1c(-c2ccc3ncc(C(=O)N4CCOCC4)n3c2)ccc2oc(N)nc12. The van der Waals surface area contributed by atoms with Crippen molar-refractivity contribution in [2.75, 3.05) is 32.0 Å². The molecule has 5 rings (SSSR count). The van der Waals surface area contributed by atoms with E-state index in [4.69, 9.17) is 14.9 Å². The lowest BCUT2D eigenvalue weighted by molar-refractivity contribution is 0.0298. The molecular formula is C20H19N5O3. The summed E-state index contributed by atoms with van der Waals surface area (Å²) in [6.45, 7) is 4.29. The summed E-state index contributed by atoms with van der Waals surface area (Å²) in [5.74, 6) is -0.0376. The highest BCUT2D eigenvalue weighted by Gasteiger charge is 2.22. The Balaban J connectivity index is 1.60. The van der Waals surface area contributed by atoms with Gasteiger partial charge in [-0.15, -0.1) is 0 Å². The first kappa shape index (κ1) is 16.8. The predicted octanol–water partition coefficient (Wildman–Crippen LogP) is 2.51. The lowest BCUT2D eigenvalue weighted by Gasteiger charge is -2.26. The smallest absolute Gasteiger partial charge is 0.292 e. The van der Waals surface area contributed by atoms with Gasteiger partial charge in [-0.2, -0.15) is 4.98 Å². The van der Waals surface area contributed by atoms with E-state index < -0.39 is 0 Å². The molecule has 0 aliphatic carbocycles. The first-order valence-electron chi connectivity index (χ1n) is 9.12. The number of hydrogen-bond donors (Lipinski definition) is 1. The van der Waals surface area contributed by atoms with Crippen molar-refractivity contribution >= 4 is 28.7 Å². The average molecular weight is 377 g/mol. The van der Waals surface area contributed by atoms with Crippen LogP contribution in [0.15, 0.2) is 41.1 Å². The van der Waals surface area contributed by atoms with Crippen LogP contribution in [0.2, 0.25) is 0 Å². The third kappa shape index (κ3) is 2.61. The number of benzene rings is 1. The number of ether oxygens (including phenoxy) is 1. The number of carbonyl (C=O) groups excluding carboxylic acids is 1. The molecule has 1 amide bonds. The number of imidazole rings is 1. The maximum absolute atomic E-state index is 12.9. The van der Waals surface area contributed by atoms with Gasteiger partial charge in [0, 0.05) is 19.3 Å². The fourth-order valence-electron chi connectivity index (χ4n) is 3.68. The number of nitrogen functional groups attached to an aromatic ring is 1. The molecule has 4 aromatic rings. The van der Waals surface area contributed by atoms with Gasteiger partial charge in [-0.25, -0.2) is 4.98 Å². The quantitative estimate of drug-likeness (QED) is 0.576. The maximum Gasteiger partial charge on any atom is 0.292 e. The largest absolute Gasteiger partial charge is 0.424 e. The number of oxazole rings is 1. The molecule has 0 radical (unpaired) electrons. The Labute approximate surface area is 160 Å². The monoisotopic (exact) mass is 377 g/mol. The van der Waals surface area contributed by atoms with E-state index in [1.807, 2.05) is 41.8 Å². The van der Waals surface area contributed by atoms with Crippen molar-refractivity contribution in [1.29, 1.82) is 0 Å². The molecule has 1 aliphatic heterocycles. The molecule has 0 spiro atoms. The molecule has 0 saturated carbocycles. The topological polar surface area (TPSA) is 98.9 Å². The Morgan fingerprint density at radius 3 is 2.82 bits per heavy atom. The highest BCUT2D eigenvalue weighted by molar-refractivity contribution is 5.94. The van der Waals surface area contributed by atoms with Crippen LogP contribution in [0.3, 0.4) is 0 Å². The zero-order chi connectivity index (χ0) is 19.3. The molecule has 1 fully saturated rings. The summed E-state index contributed by atoms with van der Waals surface area (Å²) in [5.41, 5.74) is 11.3. The molecule has 1 aromatic carbocycles. The maximum atomic E-state index is 12.9. The predicted molar refractivity (Wildman–Crippen MR) is 104 cm³/mol. The Kier molecular flexibility index (Phi) is 3.80. The minimum Gasteiger partial charge on any atom is -0.424 e. The zero-order valence-electron chi connectivity index (χ0n) is 15.4. The number of nitrogens with two attached hydrogens (primary N) is 1. The Morgan fingerprint density at radius 1 is 1.18 bits per heavy atom. The summed E-state index contributed by atoms with van der Waals surface area (Å²) in [6, 6.07) is 7.89. The molecule has 0 atom stereocenters. The molecule has 1 aliphatic rings. The standard InChI is InChI=1S/C20H19N5O3/c1-12-14(3-4-16-18(12)23-20(21)28-16)13-2-5-17-22-10-15(25(17)11-13)19(26)24-6-8-27-9-7-24/h2-5,10-11H,6-9H2,1H3,(H2,21,23). The summed E-state index contributed by atoms with van der Waals surface area (Å²) in [7, 11) is 0. The van der Waals surface area contributed by atoms with E-state index in [9.17, 15) is 4.79 Å². The van der Waals surface area contributed by atoms with E-state index in [-0.39, 0.29) is 11.9 Å². The van der Waals surface area contributed by atoms with Gasteiger partial charge in [0.05, 0.1) is 19.4 Å². The van der Waals surface area contributed by atoms with Crippen molar-refractivity contribution in [3.05, 3.63) is 47.9 Å². The summed E-state index contributed by atoms with van der Waals surface area (Å²) in [5, 5.41) is 0. The highest BCUT2D eigenvalue weighted by atomic mass is 16.5. The zero-order valence-corrected chi connectivity index (χ0v) is 15.4. The number of pyridine rings is 1. The van der Waals surface area contributed by atoms with Crippen molar-refractivity contribution in [3.8, 4) is 11.1 Å². The number of hydrogen-bond acceptors (Lipinski definition) is 6. The van der Waals surface area contributed by atoms with Gasteiger partial charge in [0.2, 0.25) is 0 Å². The number of aromatic nitrogens is 3. The van der Waals surface area contributed by atoms with Crippen LogP contribution in [-0.4, -0.2) is 51.5 Å². The van der Waals surface area contributed by atoms with Gasteiger partial charge < -0.3 is 19.8 Å². The van der Waals surface area contributed by atoms with Gasteiger partial charge in [-0.1, -0.05) is 6.07 Å². The third-order valence-electron chi connectivity index (χ3n) is 5.16. The Hall–Kier alpha value is -3.39. The van der Waals surface area contributed by atoms with Crippen molar-refractivity contribution < 1.29 is 13.9 Å². The molecule has 8 nitrogen and oxygen atoms in total. The van der Waals surface area contributed by atoms with Crippen LogP contribution in [-0.2, 0) is 4.74 Å². The van der Waals surface area contributed by atoms with Crippen molar-refractivity contribution in [2.45, 2.75) is 6.92 Å². The van der Waals surface area contributed by atoms with Crippen LogP contribution in [0.1, 0.15) is 16.1 Å². The van der Waals surface area contributed by atoms with Gasteiger partial charge in [0.25, 0.3) is 11.9 Å². The number of nitrogens with zero attached hydrogens (tertiary/aromatic N) is 4. The minimum atomic E-state index is -0.0376. The number of amides is 1. The van der Waals surface area contributed by atoms with E-state index >= 15 is 0 Å². The normalized spacial score (nSPS) is 14.8. The summed E-state index contributed by atoms with van der Waals surface area (Å²) in [4.78, 5) is 23.4. The first-order valence-corrected chi connectivity index (χ1v) is 9.12. The third-order valence-corrected chi connectivity index (χ3v) is 5.16. The van der Waals surface area contributed by atoms with Gasteiger partial charge in [0.1, 0.15) is 16.9 Å². The number of carbonyl (C=O) groups is 1. The second-order valence-corrected chi connectivity index (χ2v) is 6.83. The second-order valence-electron chi connectivity index (χ2n) is 6.83. The molecule has 0 unspecified atom stereocenters. The average Bonchev–Trinajstić information content (AvgIpc) is 3.31. The van der Waals surface area contributed by atoms with Crippen LogP contribution >= 0.6 is 0 Å². The van der Waals surface area contributed by atoms with Crippen LogP contribution < -0.4 is 5.73 Å². The molecule has 1 saturated heterocycles. The van der Waals surface area contributed by atoms with Gasteiger partial charge >= 0.3 is 0 Å². The Morgan fingerprint density at radius 2 is 2.00 bits per heavy atom. The van der Waals surface area contributed by atoms with E-state index in [2.05, 4.69) is 9.97 Å². The number of aryl methyl sites for hydroxylation is 1. The van der Waals surface area contributed by atoms with Crippen LogP contribution in [0.4, 0.5) is 6.01 Å². The highest BCUT2D eigenvalue weighted by Crippen LogP contribution is 2.30. The summed E-state index contributed by atoms with van der Waals surface area (Å²) < 4.78 is 12.6. The number of fused-ring (bicyclic) bond motifs is 2. The van der Waals surface area contributed by atoms with Crippen molar-refractivity contribution in [3.63, 3.8) is 0 Å². The molecule has 142 valence electrons. The number of morpholine rings is 1. The van der Waals surface area contributed by atoms with E-state index in [0.717, 1.165) is 27.9 Å². The Bertz CT molecular complexity index is 1200. The van der Waals surface area contributed by atoms with Crippen molar-refractivity contribution in [1.82, 2.24) is 19.3 Å². The van der Waals surface area contributed by atoms with Crippen LogP contribution in [0, 0.1) is 6.92 Å². The van der Waals surface area contributed by atoms with Crippen molar-refractivity contribution in [2.24, 2.45) is 0 Å². The number of anilines is 1. The van der Waals surface area contributed by atoms with E-state index in [1.165, 1.54) is 0 Å². The van der Waals surface area contributed by atoms with E-state index in [0.29, 0.717) is 37.6 Å². The van der Waals surface area contributed by atoms with Crippen LogP contribution in [0.25, 0.3) is 27.9 Å². The van der Waals surface area contributed by atoms with Gasteiger partial charge in [0.15, 0.2) is 5.58 Å². The summed E-state index contributed by atoms with van der Waals surface area (Å²) >= 11 is 0. The van der Waals surface area contributed by atoms with Gasteiger partial charge in [-0.05, 0) is 41.8 Å². The first-order chi connectivity index (χ1) is 13.6. The lowest BCUT2D eigenvalue weighted by atomic mass is 10.0. The molecule has 4 heterocycles. The minimum absolute atomic E-state index is 0.0376.